The van der Waals surface area contributed by atoms with E-state index in [2.05, 4.69) is 46.9 Å². The summed E-state index contributed by atoms with van der Waals surface area (Å²) < 4.78 is 189. The first kappa shape index (κ1) is 90.6. The van der Waals surface area contributed by atoms with Crippen molar-refractivity contribution in [3.8, 4) is 11.1 Å². The molecule has 0 saturated heterocycles. The van der Waals surface area contributed by atoms with Gasteiger partial charge in [0.15, 0.2) is 39.3 Å². The van der Waals surface area contributed by atoms with Gasteiger partial charge in [0.05, 0.1) is 50.4 Å². The van der Waals surface area contributed by atoms with Crippen molar-refractivity contribution in [3.05, 3.63) is 152 Å². The van der Waals surface area contributed by atoms with Crippen LogP contribution in [0.2, 0.25) is 0 Å². The zero-order chi connectivity index (χ0) is 81.2. The summed E-state index contributed by atoms with van der Waals surface area (Å²) in [4.78, 5) is 104. The third-order valence-corrected chi connectivity index (χ3v) is 26.2. The van der Waals surface area contributed by atoms with Crippen molar-refractivity contribution < 1.29 is 157 Å². The number of nitrogens with zero attached hydrogens (tertiary/aromatic N) is 3. The van der Waals surface area contributed by atoms with Gasteiger partial charge in [-0.2, -0.15) is 15.0 Å². The van der Waals surface area contributed by atoms with Gasteiger partial charge >= 0.3 is 59.1 Å². The molecule has 0 saturated carbocycles. The van der Waals surface area contributed by atoms with E-state index in [1.54, 1.807) is 0 Å². The van der Waals surface area contributed by atoms with Gasteiger partial charge in [0.2, 0.25) is 65.1 Å². The predicted octanol–water partition coefficient (Wildman–Crippen LogP) is -4.61. The fourth-order valence-electron chi connectivity index (χ4n) is 11.0. The van der Waals surface area contributed by atoms with Crippen LogP contribution in [-0.4, -0.2) is 143 Å². The molecule has 0 unspecified atom stereocenters. The first-order valence-electron chi connectivity index (χ1n) is 31.6. The molecule has 0 aliphatic heterocycles. The average Bonchev–Trinajstić information content (AvgIpc) is 0.771. The Hall–Kier alpha value is -10.3. The number of hydrogen-bond acceptors (Lipinski definition) is 31. The number of benzene rings is 7. The molecule has 7 aromatic carbocycles. The molecule has 0 aliphatic carbocycles. The van der Waals surface area contributed by atoms with E-state index in [1.807, 2.05) is 0 Å². The van der Waals surface area contributed by atoms with E-state index < -0.39 is 206 Å². The van der Waals surface area contributed by atoms with Gasteiger partial charge in [0, 0.05) is 114 Å². The average molecular weight is 1680 g/mol. The van der Waals surface area contributed by atoms with Crippen LogP contribution in [0.4, 0.5) is 69.0 Å². The van der Waals surface area contributed by atoms with E-state index in [-0.39, 0.29) is 142 Å². The Morgan fingerprint density at radius 1 is 0.268 bits per heavy atom. The topological polar surface area (TPSA) is 707 Å². The number of rotatable bonds is 39. The summed E-state index contributed by atoms with van der Waals surface area (Å²) in [5.74, 6) is -9.46. The Balaban J connectivity index is 0.00000978. The monoisotopic (exact) mass is 1680 g/mol. The number of carbonyl (C=O) groups is 8. The predicted molar refractivity (Wildman–Crippen MR) is 394 cm³/mol. The number of nitrogens with two attached hydrogens (primary N) is 8. The number of hydrogen-bond donors (Lipinski definition) is 14. The minimum Gasteiger partial charge on any atom is -0.744 e. The van der Waals surface area contributed by atoms with Crippen molar-refractivity contribution in [3.63, 3.8) is 0 Å². The van der Waals surface area contributed by atoms with Crippen molar-refractivity contribution in [1.82, 2.24) is 15.0 Å². The summed E-state index contributed by atoms with van der Waals surface area (Å²) in [6, 6.07) is 29.3. The molecule has 0 radical (unpaired) electrons. The first-order valence-corrected chi connectivity index (χ1v) is 40.6. The zero-order valence-corrected chi connectivity index (χ0v) is 67.7. The molecule has 47 heteroatoms. The van der Waals surface area contributed by atoms with Crippen LogP contribution in [0.3, 0.4) is 0 Å². The zero-order valence-electron chi connectivity index (χ0n) is 58.8. The molecular formula is C65H67N17Na2O22S6. The van der Waals surface area contributed by atoms with Gasteiger partial charge < -0.3 is 86.9 Å². The molecule has 8 amide bonds. The molecule has 22 N–H and O–H groups in total. The van der Waals surface area contributed by atoms with Crippen molar-refractivity contribution >= 4 is 176 Å². The van der Waals surface area contributed by atoms with Gasteiger partial charge in [-0.15, -0.1) is 0 Å². The quantitative estimate of drug-likeness (QED) is 0.0127. The number of aromatic nitrogens is 3. The Morgan fingerprint density at radius 3 is 0.652 bits per heavy atom. The fraction of sp³-hybridized carbons (Fsp3) is 0.185. The Kier molecular flexibility index (Phi) is 30.2. The van der Waals surface area contributed by atoms with Crippen LogP contribution in [0.5, 0.6) is 0 Å². The molecule has 0 atom stereocenters. The van der Waals surface area contributed by atoms with Crippen LogP contribution in [0.1, 0.15) is 51.4 Å². The molecule has 0 bridgehead atoms. The number of amides is 8. The maximum atomic E-state index is 13.6. The second-order valence-corrected chi connectivity index (χ2v) is 35.9. The Labute approximate surface area is 684 Å². The number of anilines is 12. The molecule has 0 aliphatic rings. The second-order valence-electron chi connectivity index (χ2n) is 24.3. The van der Waals surface area contributed by atoms with E-state index in [9.17, 15) is 98.0 Å². The van der Waals surface area contributed by atoms with E-state index >= 15 is 0 Å². The fourth-order valence-corrected chi connectivity index (χ4v) is 19.1. The molecule has 582 valence electrons. The number of nitrogens with one attached hydrogen (secondary N) is 6. The van der Waals surface area contributed by atoms with Crippen LogP contribution >= 0.6 is 0 Å². The second kappa shape index (κ2) is 37.4. The van der Waals surface area contributed by atoms with E-state index in [0.29, 0.717) is 0 Å². The maximum absolute atomic E-state index is 13.6. The molecule has 0 fully saturated rings. The Morgan fingerprint density at radius 2 is 0.446 bits per heavy atom. The summed E-state index contributed by atoms with van der Waals surface area (Å²) in [5, 5.41) is 10.9. The van der Waals surface area contributed by atoms with Crippen LogP contribution in [-0.2, 0) is 97.9 Å². The summed E-state index contributed by atoms with van der Waals surface area (Å²) in [6.45, 7) is 0. The van der Waals surface area contributed by atoms with Gasteiger partial charge in [-0.3, -0.25) is 38.4 Å². The summed E-state index contributed by atoms with van der Waals surface area (Å²) in [7, 11) is -29.0. The van der Waals surface area contributed by atoms with Gasteiger partial charge in [0.25, 0.3) is 0 Å². The smallest absolute Gasteiger partial charge is 0.744 e. The normalized spacial score (nSPS) is 11.9. The van der Waals surface area contributed by atoms with E-state index in [0.717, 1.165) is 78.9 Å². The van der Waals surface area contributed by atoms with Gasteiger partial charge in [0.1, 0.15) is 20.2 Å². The minimum atomic E-state index is -5.68. The largest absolute Gasteiger partial charge is 1.00 e. The van der Waals surface area contributed by atoms with Crippen LogP contribution < -0.4 is 137 Å². The summed E-state index contributed by atoms with van der Waals surface area (Å²) in [6.07, 6.45) is -5.94. The minimum absolute atomic E-state index is 0. The van der Waals surface area contributed by atoms with E-state index in [1.165, 1.54) is 72.8 Å². The summed E-state index contributed by atoms with van der Waals surface area (Å²) in [5.41, 5.74) is 41.4. The van der Waals surface area contributed by atoms with Crippen molar-refractivity contribution in [1.29, 1.82) is 0 Å². The summed E-state index contributed by atoms with van der Waals surface area (Å²) >= 11 is 0. The van der Waals surface area contributed by atoms with Crippen molar-refractivity contribution in [2.45, 2.75) is 102 Å². The third kappa shape index (κ3) is 24.4. The molecule has 1 heterocycles. The van der Waals surface area contributed by atoms with E-state index in [4.69, 9.17) is 45.9 Å². The molecule has 39 nitrogen and oxygen atoms in total. The van der Waals surface area contributed by atoms with Gasteiger partial charge in [-0.25, -0.2) is 50.5 Å². The molecule has 8 rings (SSSR count). The van der Waals surface area contributed by atoms with Gasteiger partial charge in [-0.05, 0) is 140 Å². The molecule has 8 aromatic rings. The number of carbonyl (C=O) groups excluding carboxylic acids is 8. The molecule has 112 heavy (non-hydrogen) atoms. The molecular weight excluding hydrogens is 1610 g/mol. The number of sulfone groups is 4. The standard InChI is InChI=1S/C65H69N17O22S6.2Na/c66-55(83)26-47(27-56(67)84)105(91,92)43-11-1-34(2-12-43)74-40-21-41(75-35-3-13-44(14-4-35)106(93,94)48(28-57(68)85)29-58(69)86)23-42(22-40)76-38-9-19-51(53(24-38)109(99,100)101)52-20-10-39(25-54(52)110(102,103)104)79-65-81-63(77-36-5-15-45(16-6-36)107(95,96)49(30-59(70)87)31-60(71)88)80-64(82-65)78-37-7-17-46(18-8-37)108(97,98)50(32-61(72)89)33-62(73)90;;/h1-25,47-50,74-76H,26-33H2,(H2,66,83)(H2,67,84)(H2,68,85)(H2,69,86)(H2,70,87)(H2,71,88)(H2,72,89)(H2,73,90)(H,99,100,101)(H,102,103,104)(H3,77,78,79,80,81,82);;/q;2*+1/p-2. The van der Waals surface area contributed by atoms with Crippen molar-refractivity contribution in [2.24, 2.45) is 45.9 Å². The van der Waals surface area contributed by atoms with Crippen molar-refractivity contribution in [2.75, 3.05) is 31.9 Å². The number of primary amides is 8. The third-order valence-electron chi connectivity index (χ3n) is 15.9. The van der Waals surface area contributed by atoms with Crippen LogP contribution in [0.25, 0.3) is 11.1 Å². The first-order chi connectivity index (χ1) is 51.3. The molecule has 0 spiro atoms. The van der Waals surface area contributed by atoms with Gasteiger partial charge in [-0.1, -0.05) is 12.1 Å². The maximum Gasteiger partial charge on any atom is 1.00 e. The molecule has 1 aromatic heterocycles. The van der Waals surface area contributed by atoms with Crippen LogP contribution in [0.15, 0.2) is 181 Å². The SMILES string of the molecule is NC(=O)CC(CC(N)=O)S(=O)(=O)c1ccc(Nc2cc(Nc3ccc(S(=O)(=O)C(CC(N)=O)CC(N)=O)cc3)cc(Nc3ccc(-c4ccc(Nc5nc(Nc6ccc(S(=O)(=O)C(CC(N)=O)CC(N)=O)cc6)nc(Nc6ccc(S(=O)(=O)C(CC(N)=O)CC(N)=O)cc6)n5)cc4S(=O)(=O)[O-])c(S(=O)(=O)[O-])c3)c2)cc1.[Na+].[Na+]. The van der Waals surface area contributed by atoms with Crippen LogP contribution in [0, 0.1) is 0 Å². The Bertz CT molecular complexity index is 5040.